The van der Waals surface area contributed by atoms with E-state index in [1.807, 2.05) is 39.8 Å². The molecule has 1 aliphatic heterocycles. The molecule has 0 N–H and O–H groups in total. The molecular weight excluding hydrogens is 605 g/mol. The van der Waals surface area contributed by atoms with Crippen molar-refractivity contribution in [1.82, 2.24) is 0 Å². The molecule has 4 aromatic carbocycles. The van der Waals surface area contributed by atoms with Gasteiger partial charge in [-0.15, -0.1) is 0 Å². The fraction of sp³-hybridized carbons (Fsp3) is 0.314. The van der Waals surface area contributed by atoms with Gasteiger partial charge in [0.1, 0.15) is 5.69 Å². The van der Waals surface area contributed by atoms with E-state index in [0.717, 1.165) is 52.8 Å². The number of halogens is 9. The number of hydrogen-bond acceptors (Lipinski definition) is 1. The lowest BCUT2D eigenvalue weighted by molar-refractivity contribution is 0.379. The van der Waals surface area contributed by atoms with Crippen LogP contribution in [0, 0.1) is 66.2 Å². The summed E-state index contributed by atoms with van der Waals surface area (Å²) in [5.41, 5.74) is -2.52. The monoisotopic (exact) mass is 635 g/mol. The van der Waals surface area contributed by atoms with Crippen molar-refractivity contribution in [3.63, 3.8) is 0 Å². The van der Waals surface area contributed by atoms with Gasteiger partial charge in [0.15, 0.2) is 46.5 Å². The van der Waals surface area contributed by atoms with E-state index >= 15 is 17.6 Å². The van der Waals surface area contributed by atoms with Crippen LogP contribution in [0.3, 0.4) is 0 Å². The summed E-state index contributed by atoms with van der Waals surface area (Å²) in [6.07, 6.45) is 4.71. The number of fused-ring (bicyclic) bond motifs is 2. The number of rotatable bonds is 8. The first-order valence-electron chi connectivity index (χ1n) is 14.7. The Morgan fingerprint density at radius 3 is 1.24 bits per heavy atom. The van der Waals surface area contributed by atoms with E-state index in [1.165, 1.54) is 0 Å². The summed E-state index contributed by atoms with van der Waals surface area (Å²) in [5, 5.41) is 0. The van der Waals surface area contributed by atoms with Crippen LogP contribution in [0.5, 0.6) is 0 Å². The fourth-order valence-corrected chi connectivity index (χ4v) is 6.86. The summed E-state index contributed by atoms with van der Waals surface area (Å²) in [6, 6.07) is 10.1. The first kappa shape index (κ1) is 32.4. The number of unbranched alkanes of at least 4 members (excludes halogenated alkanes) is 2. The Hall–Kier alpha value is -3.95. The van der Waals surface area contributed by atoms with Crippen LogP contribution in [0.2, 0.25) is 0 Å². The van der Waals surface area contributed by atoms with Crippen LogP contribution < -0.4 is 4.90 Å². The Bertz CT molecular complexity index is 1690. The molecule has 4 aromatic rings. The van der Waals surface area contributed by atoms with Crippen molar-refractivity contribution in [2.24, 2.45) is 0 Å². The molecular formula is C35H30F9N. The molecule has 0 radical (unpaired) electrons. The number of nitrogens with zero attached hydrogens (tertiary/aromatic N) is 1. The maximum atomic E-state index is 16.2. The summed E-state index contributed by atoms with van der Waals surface area (Å²) in [5.74, 6) is -21.7. The lowest BCUT2D eigenvalue weighted by Crippen LogP contribution is -2.38. The predicted molar refractivity (Wildman–Crippen MR) is 155 cm³/mol. The molecule has 0 aliphatic carbocycles. The van der Waals surface area contributed by atoms with Crippen molar-refractivity contribution in [2.45, 2.75) is 71.6 Å². The number of aryl methyl sites for hydroxylation is 2. The lowest BCUT2D eigenvalue weighted by atomic mass is 9.62. The fourth-order valence-electron chi connectivity index (χ4n) is 6.86. The van der Waals surface area contributed by atoms with Gasteiger partial charge in [0.25, 0.3) is 0 Å². The van der Waals surface area contributed by atoms with Gasteiger partial charge in [-0.2, -0.15) is 0 Å². The predicted octanol–water partition coefficient (Wildman–Crippen LogP) is 11.7. The molecule has 0 atom stereocenters. The van der Waals surface area contributed by atoms with E-state index < -0.39 is 74.6 Å². The second-order valence-electron chi connectivity index (χ2n) is 11.5. The van der Waals surface area contributed by atoms with Crippen molar-refractivity contribution >= 4 is 17.1 Å². The van der Waals surface area contributed by atoms with Crippen LogP contribution in [0.15, 0.2) is 36.4 Å². The van der Waals surface area contributed by atoms with Crippen molar-refractivity contribution in [3.8, 4) is 11.1 Å². The lowest BCUT2D eigenvalue weighted by Gasteiger charge is -2.48. The SMILES string of the molecule is CCCCC1(CCCC)c2c(C)cccc2N(c2c(F)c(F)c(-c3c(F)c(F)c(F)c(F)c3F)c(F)c2F)c2cccc(C)c21. The minimum atomic E-state index is -2.60. The summed E-state index contributed by atoms with van der Waals surface area (Å²) in [7, 11) is 0. The Balaban J connectivity index is 1.89. The zero-order valence-corrected chi connectivity index (χ0v) is 25.1. The third-order valence-electron chi connectivity index (χ3n) is 8.78. The van der Waals surface area contributed by atoms with E-state index in [9.17, 15) is 22.0 Å². The molecule has 0 unspecified atom stereocenters. The van der Waals surface area contributed by atoms with Crippen molar-refractivity contribution in [3.05, 3.63) is 111 Å². The van der Waals surface area contributed by atoms with Crippen LogP contribution in [-0.4, -0.2) is 0 Å². The normalized spacial score (nSPS) is 13.7. The van der Waals surface area contributed by atoms with E-state index in [1.54, 1.807) is 24.3 Å². The second kappa shape index (κ2) is 12.1. The van der Waals surface area contributed by atoms with Crippen molar-refractivity contribution < 1.29 is 39.5 Å². The van der Waals surface area contributed by atoms with E-state index in [4.69, 9.17) is 0 Å². The molecule has 0 fully saturated rings. The minimum absolute atomic E-state index is 0.251. The van der Waals surface area contributed by atoms with Gasteiger partial charge in [-0.25, -0.2) is 39.5 Å². The smallest absolute Gasteiger partial charge is 0.200 e. The Labute approximate surface area is 255 Å². The largest absolute Gasteiger partial charge is 0.304 e. The van der Waals surface area contributed by atoms with E-state index in [2.05, 4.69) is 0 Å². The maximum Gasteiger partial charge on any atom is 0.200 e. The quantitative estimate of drug-likeness (QED) is 0.106. The summed E-state index contributed by atoms with van der Waals surface area (Å²) in [4.78, 5) is 1.04. The third kappa shape index (κ3) is 4.79. The number of hydrogen-bond donors (Lipinski definition) is 0. The minimum Gasteiger partial charge on any atom is -0.304 e. The van der Waals surface area contributed by atoms with Crippen LogP contribution in [0.1, 0.15) is 74.6 Å². The summed E-state index contributed by atoms with van der Waals surface area (Å²) in [6.45, 7) is 7.77. The highest BCUT2D eigenvalue weighted by Gasteiger charge is 2.46. The molecule has 1 aliphatic rings. The Morgan fingerprint density at radius 2 is 0.867 bits per heavy atom. The van der Waals surface area contributed by atoms with Crippen molar-refractivity contribution in [2.75, 3.05) is 4.90 Å². The molecule has 238 valence electrons. The van der Waals surface area contributed by atoms with Crippen LogP contribution in [-0.2, 0) is 5.41 Å². The molecule has 5 rings (SSSR count). The molecule has 0 spiro atoms. The number of anilines is 3. The molecule has 10 heteroatoms. The topological polar surface area (TPSA) is 3.24 Å². The maximum absolute atomic E-state index is 16.2. The third-order valence-corrected chi connectivity index (χ3v) is 8.78. The average Bonchev–Trinajstić information content (AvgIpc) is 3.02. The van der Waals surface area contributed by atoms with E-state index in [-0.39, 0.29) is 11.4 Å². The highest BCUT2D eigenvalue weighted by molar-refractivity contribution is 5.89. The molecule has 1 heterocycles. The van der Waals surface area contributed by atoms with Gasteiger partial charge in [-0.05, 0) is 61.1 Å². The second-order valence-corrected chi connectivity index (χ2v) is 11.5. The summed E-state index contributed by atoms with van der Waals surface area (Å²) < 4.78 is 135. The zero-order valence-electron chi connectivity index (χ0n) is 25.1. The zero-order chi connectivity index (χ0) is 33.0. The molecule has 1 nitrogen and oxygen atoms in total. The van der Waals surface area contributed by atoms with Crippen LogP contribution in [0.4, 0.5) is 56.6 Å². The average molecular weight is 636 g/mol. The highest BCUT2D eigenvalue weighted by atomic mass is 19.2. The van der Waals surface area contributed by atoms with Gasteiger partial charge in [-0.3, -0.25) is 0 Å². The summed E-state index contributed by atoms with van der Waals surface area (Å²) >= 11 is 0. The molecule has 0 bridgehead atoms. The first-order chi connectivity index (χ1) is 21.3. The Morgan fingerprint density at radius 1 is 0.511 bits per heavy atom. The molecule has 0 aromatic heterocycles. The molecule has 45 heavy (non-hydrogen) atoms. The van der Waals surface area contributed by atoms with E-state index in [0.29, 0.717) is 12.8 Å². The molecule has 0 saturated heterocycles. The molecule has 0 amide bonds. The first-order valence-corrected chi connectivity index (χ1v) is 14.7. The van der Waals surface area contributed by atoms with Crippen LogP contribution in [0.25, 0.3) is 11.1 Å². The van der Waals surface area contributed by atoms with Gasteiger partial charge in [0.05, 0.1) is 22.5 Å². The van der Waals surface area contributed by atoms with Gasteiger partial charge in [0, 0.05) is 5.41 Å². The number of benzene rings is 4. The van der Waals surface area contributed by atoms with Gasteiger partial charge in [-0.1, -0.05) is 63.8 Å². The Kier molecular flexibility index (Phi) is 8.72. The standard InChI is InChI=1S/C35H30F9N/c1-5-7-15-35(16-8-6-2)23-17(3)11-9-13-19(23)45(20-14-10-12-18(4)24(20)35)34-32(43)27(38)22(28(39)33(34)44)21-25(36)29(40)31(42)30(41)26(21)37/h9-14H,5-8,15-16H2,1-4H3. The van der Waals surface area contributed by atoms with Gasteiger partial charge in [0.2, 0.25) is 5.82 Å². The van der Waals surface area contributed by atoms with Gasteiger partial charge >= 0.3 is 0 Å². The highest BCUT2D eigenvalue weighted by Crippen LogP contribution is 2.59. The van der Waals surface area contributed by atoms with Crippen molar-refractivity contribution in [1.29, 1.82) is 0 Å². The van der Waals surface area contributed by atoms with Gasteiger partial charge < -0.3 is 4.90 Å². The van der Waals surface area contributed by atoms with Crippen LogP contribution >= 0.6 is 0 Å². The molecule has 0 saturated carbocycles.